The predicted molar refractivity (Wildman–Crippen MR) is 129 cm³/mol. The molecule has 0 aromatic heterocycles. The van der Waals surface area contributed by atoms with Gasteiger partial charge in [-0.1, -0.05) is 62.9 Å². The molecule has 33 heavy (non-hydrogen) atoms. The van der Waals surface area contributed by atoms with E-state index in [2.05, 4.69) is 6.92 Å². The average molecular weight is 481 g/mol. The highest BCUT2D eigenvalue weighted by molar-refractivity contribution is 7.60. The SMILES string of the molecule is CCCCCCC(CC(=O)c1ccccc1)P(=O)(CC(=O)[N+]1(C(=O)O)CCC[C@H]1C)OCC. The van der Waals surface area contributed by atoms with Gasteiger partial charge in [0.1, 0.15) is 12.2 Å². The molecule has 3 unspecified atom stereocenters. The summed E-state index contributed by atoms with van der Waals surface area (Å²) in [4.78, 5) is 38.6. The third-order valence-corrected chi connectivity index (χ3v) is 9.80. The summed E-state index contributed by atoms with van der Waals surface area (Å²) in [5, 5.41) is 9.93. The molecule has 1 aliphatic rings. The first kappa shape index (κ1) is 27.4. The Kier molecular flexibility index (Phi) is 10.5. The quantitative estimate of drug-likeness (QED) is 0.158. The van der Waals surface area contributed by atoms with Gasteiger partial charge in [-0.15, -0.1) is 0 Å². The van der Waals surface area contributed by atoms with Crippen molar-refractivity contribution in [2.24, 2.45) is 0 Å². The summed E-state index contributed by atoms with van der Waals surface area (Å²) >= 11 is 0. The molecule has 184 valence electrons. The molecule has 1 saturated heterocycles. The Morgan fingerprint density at radius 2 is 1.85 bits per heavy atom. The Labute approximate surface area is 197 Å². The molecular formula is C25H39NO6P+. The summed E-state index contributed by atoms with van der Waals surface area (Å²) in [6.07, 6.45) is 3.94. The van der Waals surface area contributed by atoms with Crippen LogP contribution in [-0.2, 0) is 13.9 Å². The standard InChI is InChI=1S/C25H38NO6P/c1-4-6-7-11-16-22(18-23(27)21-14-9-8-10-15-21)33(31,32-5-2)19-24(28)26(25(29)30)17-12-13-20(26)3/h8-10,14-15,20,22H,4-7,11-13,16-19H2,1-3H3/p+1/t20-,22?,26?,33?/m1/s1. The fraction of sp³-hybridized carbons (Fsp3) is 0.640. The van der Waals surface area contributed by atoms with E-state index in [0.717, 1.165) is 25.7 Å². The molecule has 0 radical (unpaired) electrons. The summed E-state index contributed by atoms with van der Waals surface area (Å²) in [6, 6.07) is 8.47. The monoisotopic (exact) mass is 480 g/mol. The second-order valence-corrected chi connectivity index (χ2v) is 11.8. The van der Waals surface area contributed by atoms with Gasteiger partial charge in [-0.25, -0.2) is 4.79 Å². The van der Waals surface area contributed by atoms with Crippen LogP contribution in [0.3, 0.4) is 0 Å². The van der Waals surface area contributed by atoms with Crippen LogP contribution in [-0.4, -0.2) is 58.4 Å². The summed E-state index contributed by atoms with van der Waals surface area (Å²) in [6.45, 7) is 5.91. The number of ketones is 1. The second-order valence-electron chi connectivity index (χ2n) is 9.06. The fourth-order valence-electron chi connectivity index (χ4n) is 4.85. The van der Waals surface area contributed by atoms with Gasteiger partial charge in [0.2, 0.25) is 7.37 Å². The van der Waals surface area contributed by atoms with E-state index in [1.165, 1.54) is 0 Å². The van der Waals surface area contributed by atoms with E-state index in [0.29, 0.717) is 24.8 Å². The van der Waals surface area contributed by atoms with Crippen molar-refractivity contribution >= 4 is 25.2 Å². The molecule has 0 saturated carbocycles. The van der Waals surface area contributed by atoms with Crippen molar-refractivity contribution in [3.05, 3.63) is 35.9 Å². The summed E-state index contributed by atoms with van der Waals surface area (Å²) < 4.78 is 19.2. The number of nitrogens with zero attached hydrogens (tertiary/aromatic N) is 1. The molecule has 1 N–H and O–H groups in total. The number of imide groups is 1. The van der Waals surface area contributed by atoms with Gasteiger partial charge in [0.25, 0.3) is 0 Å². The van der Waals surface area contributed by atoms with E-state index in [4.69, 9.17) is 4.52 Å². The van der Waals surface area contributed by atoms with Gasteiger partial charge >= 0.3 is 12.0 Å². The number of quaternary nitrogens is 1. The first-order chi connectivity index (χ1) is 15.7. The number of likely N-dealkylation sites (tertiary alicyclic amines) is 1. The molecule has 2 rings (SSSR count). The van der Waals surface area contributed by atoms with Crippen molar-refractivity contribution in [3.8, 4) is 0 Å². The molecule has 2 amide bonds. The maximum absolute atomic E-state index is 14.2. The first-order valence-corrected chi connectivity index (χ1v) is 14.0. The third kappa shape index (κ3) is 6.62. The number of Topliss-reactive ketones (excluding diaryl/α,β-unsaturated/α-hetero) is 1. The van der Waals surface area contributed by atoms with E-state index in [1.54, 1.807) is 38.1 Å². The number of hydrogen-bond donors (Lipinski definition) is 1. The van der Waals surface area contributed by atoms with Gasteiger partial charge in [-0.05, 0) is 20.3 Å². The topological polar surface area (TPSA) is 97.7 Å². The Bertz CT molecular complexity index is 858. The lowest BCUT2D eigenvalue weighted by Gasteiger charge is -2.33. The number of carbonyl (C=O) groups is 3. The molecule has 4 atom stereocenters. The van der Waals surface area contributed by atoms with Crippen LogP contribution in [0.1, 0.15) is 82.5 Å². The number of benzene rings is 1. The largest absolute Gasteiger partial charge is 0.521 e. The van der Waals surface area contributed by atoms with Crippen molar-refractivity contribution in [2.45, 2.75) is 83.8 Å². The minimum Gasteiger partial charge on any atom is -0.435 e. The molecule has 8 heteroatoms. The van der Waals surface area contributed by atoms with Crippen LogP contribution in [0, 0.1) is 0 Å². The molecule has 1 aromatic carbocycles. The maximum atomic E-state index is 14.2. The van der Waals surface area contributed by atoms with Crippen LogP contribution >= 0.6 is 7.37 Å². The smallest absolute Gasteiger partial charge is 0.435 e. The van der Waals surface area contributed by atoms with Crippen molar-refractivity contribution in [1.29, 1.82) is 0 Å². The molecule has 1 heterocycles. The van der Waals surface area contributed by atoms with E-state index < -0.39 is 35.7 Å². The molecular weight excluding hydrogens is 441 g/mol. The van der Waals surface area contributed by atoms with Crippen LogP contribution in [0.2, 0.25) is 0 Å². The summed E-state index contributed by atoms with van der Waals surface area (Å²) in [5.74, 6) is -0.713. The van der Waals surface area contributed by atoms with Gasteiger partial charge in [-0.3, -0.25) is 9.36 Å². The van der Waals surface area contributed by atoms with Gasteiger partial charge in [0.05, 0.1) is 13.2 Å². The second kappa shape index (κ2) is 12.6. The zero-order chi connectivity index (χ0) is 24.5. The van der Waals surface area contributed by atoms with Gasteiger partial charge in [-0.2, -0.15) is 9.28 Å². The normalized spacial score (nSPS) is 23.1. The lowest BCUT2D eigenvalue weighted by Crippen LogP contribution is -2.59. The van der Waals surface area contributed by atoms with E-state index in [9.17, 15) is 24.1 Å². The van der Waals surface area contributed by atoms with Crippen LogP contribution in [0.25, 0.3) is 0 Å². The third-order valence-electron chi connectivity index (χ3n) is 6.84. The fourth-order valence-corrected chi connectivity index (χ4v) is 7.50. The van der Waals surface area contributed by atoms with Crippen LogP contribution in [0.4, 0.5) is 4.79 Å². The zero-order valence-electron chi connectivity index (χ0n) is 20.2. The number of carbonyl (C=O) groups excluding carboxylic acids is 2. The van der Waals surface area contributed by atoms with E-state index in [1.807, 2.05) is 6.07 Å². The lowest BCUT2D eigenvalue weighted by molar-refractivity contribution is -0.791. The predicted octanol–water partition coefficient (Wildman–Crippen LogP) is 6.12. The van der Waals surface area contributed by atoms with Crippen LogP contribution in [0.5, 0.6) is 0 Å². The Hall–Kier alpha value is -1.82. The Morgan fingerprint density at radius 1 is 1.15 bits per heavy atom. The number of carboxylic acid groups (broad SMARTS) is 1. The first-order valence-electron chi connectivity index (χ1n) is 12.2. The zero-order valence-corrected chi connectivity index (χ0v) is 21.1. The molecule has 1 aromatic rings. The number of rotatable bonds is 13. The van der Waals surface area contributed by atoms with Crippen molar-refractivity contribution in [2.75, 3.05) is 19.3 Å². The summed E-state index contributed by atoms with van der Waals surface area (Å²) in [5.41, 5.74) is -0.0784. The van der Waals surface area contributed by atoms with Crippen LogP contribution < -0.4 is 0 Å². The molecule has 1 fully saturated rings. The van der Waals surface area contributed by atoms with Gasteiger partial charge < -0.3 is 9.63 Å². The van der Waals surface area contributed by atoms with Crippen LogP contribution in [0.15, 0.2) is 30.3 Å². The maximum Gasteiger partial charge on any atom is 0.521 e. The average Bonchev–Trinajstić information content (AvgIpc) is 3.19. The minimum absolute atomic E-state index is 0.0172. The number of amides is 2. The van der Waals surface area contributed by atoms with Crippen molar-refractivity contribution in [1.82, 2.24) is 0 Å². The lowest BCUT2D eigenvalue weighted by atomic mass is 10.0. The van der Waals surface area contributed by atoms with E-state index in [-0.39, 0.29) is 31.4 Å². The molecule has 0 spiro atoms. The molecule has 7 nitrogen and oxygen atoms in total. The highest BCUT2D eigenvalue weighted by Gasteiger charge is 2.55. The number of unbranched alkanes of at least 4 members (excludes halogenated alkanes) is 3. The highest BCUT2D eigenvalue weighted by atomic mass is 31.2. The van der Waals surface area contributed by atoms with E-state index >= 15 is 0 Å². The summed E-state index contributed by atoms with van der Waals surface area (Å²) in [7, 11) is -3.62. The van der Waals surface area contributed by atoms with Crippen molar-refractivity contribution < 1.29 is 33.1 Å². The minimum atomic E-state index is -3.62. The van der Waals surface area contributed by atoms with Gasteiger partial charge in [0, 0.05) is 30.5 Å². The highest BCUT2D eigenvalue weighted by Crippen LogP contribution is 2.56. The van der Waals surface area contributed by atoms with Crippen molar-refractivity contribution in [3.63, 3.8) is 0 Å². The Morgan fingerprint density at radius 3 is 2.39 bits per heavy atom. The molecule has 0 bridgehead atoms. The van der Waals surface area contributed by atoms with Gasteiger partial charge in [0.15, 0.2) is 5.78 Å². The Balaban J connectivity index is 2.32. The molecule has 0 aliphatic carbocycles. The molecule has 1 aliphatic heterocycles. The number of hydrogen-bond acceptors (Lipinski definition) is 5.